The number of carbonyl (C=O) groups excluding carboxylic acids is 1. The van der Waals surface area contributed by atoms with Crippen LogP contribution in [0.15, 0.2) is 0 Å². The molecule has 0 aliphatic carbocycles. The number of nitrogens with two attached hydrogens (primary N) is 2. The van der Waals surface area contributed by atoms with Crippen molar-refractivity contribution in [2.45, 2.75) is 18.9 Å². The minimum absolute atomic E-state index is 0. The molecule has 0 spiro atoms. The molecule has 0 fully saturated rings. The van der Waals surface area contributed by atoms with Gasteiger partial charge in [0.25, 0.3) is 0 Å². The summed E-state index contributed by atoms with van der Waals surface area (Å²) in [5.74, 6) is -1.64. The molecule has 5 N–H and O–H groups in total. The number of carboxylic acid groups (broad SMARTS) is 1. The second-order valence-electron chi connectivity index (χ2n) is 1.95. The van der Waals surface area contributed by atoms with Gasteiger partial charge in [0, 0.05) is 22.9 Å². The van der Waals surface area contributed by atoms with Crippen molar-refractivity contribution >= 4 is 11.9 Å². The largest absolute Gasteiger partial charge is 0.480 e. The fraction of sp³-hybridized carbons (Fsp3) is 0.600. The zero-order valence-corrected chi connectivity index (χ0v) is 6.71. The Morgan fingerprint density at radius 1 is 1.45 bits per heavy atom. The molecule has 11 heavy (non-hydrogen) atoms. The van der Waals surface area contributed by atoms with Crippen molar-refractivity contribution in [2.75, 3.05) is 0 Å². The molecule has 6 heteroatoms. The van der Waals surface area contributed by atoms with Gasteiger partial charge in [0.05, 0.1) is 0 Å². The summed E-state index contributed by atoms with van der Waals surface area (Å²) in [6.07, 6.45) is 0.123. The van der Waals surface area contributed by atoms with Gasteiger partial charge in [0.2, 0.25) is 5.91 Å². The van der Waals surface area contributed by atoms with Crippen LogP contribution >= 0.6 is 0 Å². The minimum Gasteiger partial charge on any atom is -0.480 e. The summed E-state index contributed by atoms with van der Waals surface area (Å²) in [6, 6.07) is -0.979. The van der Waals surface area contributed by atoms with Gasteiger partial charge < -0.3 is 16.6 Å². The van der Waals surface area contributed by atoms with Crippen molar-refractivity contribution < 1.29 is 31.2 Å². The molecule has 0 aliphatic rings. The van der Waals surface area contributed by atoms with Gasteiger partial charge in [-0.05, 0) is 6.42 Å². The van der Waals surface area contributed by atoms with E-state index in [0.29, 0.717) is 0 Å². The molecule has 68 valence electrons. The molecule has 0 radical (unpaired) electrons. The standard InChI is InChI=1S/C5H10N2O3.Ni/c6-3(5(9)10)1-2-4(7)8;/h3H,1-2,6H2,(H2,7,8)(H,9,10);/t3-;/m0./s1. The number of rotatable bonds is 4. The molecule has 0 heterocycles. The quantitative estimate of drug-likeness (QED) is 0.493. The van der Waals surface area contributed by atoms with E-state index in [1.165, 1.54) is 0 Å². The molecule has 0 rings (SSSR count). The van der Waals surface area contributed by atoms with Gasteiger partial charge in [0.15, 0.2) is 0 Å². The second-order valence-corrected chi connectivity index (χ2v) is 1.95. The van der Waals surface area contributed by atoms with E-state index in [2.05, 4.69) is 0 Å². The van der Waals surface area contributed by atoms with Crippen molar-refractivity contribution in [3.63, 3.8) is 0 Å². The Bertz CT molecular complexity index is 151. The molecular weight excluding hydrogens is 195 g/mol. The fourth-order valence-electron chi connectivity index (χ4n) is 0.421. The van der Waals surface area contributed by atoms with Crippen LogP contribution in [0.2, 0.25) is 0 Å². The molecular formula is C5H10N2NiO3. The van der Waals surface area contributed by atoms with Crippen molar-refractivity contribution in [3.8, 4) is 0 Å². The number of carboxylic acids is 1. The number of primary amides is 1. The molecule has 1 amide bonds. The third-order valence-electron chi connectivity index (χ3n) is 1.02. The molecule has 0 aromatic rings. The maximum atomic E-state index is 10.1. The normalized spacial score (nSPS) is 11.4. The van der Waals surface area contributed by atoms with Crippen molar-refractivity contribution in [2.24, 2.45) is 11.5 Å². The maximum Gasteiger partial charge on any atom is 0.320 e. The van der Waals surface area contributed by atoms with E-state index in [-0.39, 0.29) is 29.3 Å². The van der Waals surface area contributed by atoms with Crippen LogP contribution in [0.3, 0.4) is 0 Å². The molecule has 0 bridgehead atoms. The summed E-state index contributed by atoms with van der Waals surface area (Å²) in [7, 11) is 0. The Hall–Kier alpha value is -0.606. The molecule has 0 saturated carbocycles. The van der Waals surface area contributed by atoms with E-state index < -0.39 is 17.9 Å². The van der Waals surface area contributed by atoms with E-state index in [9.17, 15) is 9.59 Å². The Morgan fingerprint density at radius 3 is 2.18 bits per heavy atom. The predicted octanol–water partition coefficient (Wildman–Crippen LogP) is -1.34. The Morgan fingerprint density at radius 2 is 1.91 bits per heavy atom. The van der Waals surface area contributed by atoms with Crippen LogP contribution in [0, 0.1) is 0 Å². The first-order valence-electron chi connectivity index (χ1n) is 2.80. The summed E-state index contributed by atoms with van der Waals surface area (Å²) in [6.45, 7) is 0. The van der Waals surface area contributed by atoms with Gasteiger partial charge in [-0.3, -0.25) is 9.59 Å². The number of hydrogen-bond donors (Lipinski definition) is 3. The van der Waals surface area contributed by atoms with Gasteiger partial charge >= 0.3 is 5.97 Å². The van der Waals surface area contributed by atoms with Crippen LogP contribution in [0.5, 0.6) is 0 Å². The molecule has 0 aliphatic heterocycles. The Balaban J connectivity index is 0. The van der Waals surface area contributed by atoms with E-state index in [0.717, 1.165) is 0 Å². The van der Waals surface area contributed by atoms with Crippen LogP contribution < -0.4 is 11.5 Å². The molecule has 1 atom stereocenters. The fourth-order valence-corrected chi connectivity index (χ4v) is 0.421. The Kier molecular flexibility index (Phi) is 7.25. The molecule has 0 aromatic heterocycles. The predicted molar refractivity (Wildman–Crippen MR) is 34.0 cm³/mol. The zero-order valence-electron chi connectivity index (χ0n) is 5.73. The summed E-state index contributed by atoms with van der Waals surface area (Å²) < 4.78 is 0. The van der Waals surface area contributed by atoms with Crippen molar-refractivity contribution in [3.05, 3.63) is 0 Å². The maximum absolute atomic E-state index is 10.1. The second kappa shape index (κ2) is 6.13. The molecule has 0 unspecified atom stereocenters. The first kappa shape index (κ1) is 13.0. The van der Waals surface area contributed by atoms with Crippen LogP contribution in [0.1, 0.15) is 12.8 Å². The average Bonchev–Trinajstić information content (AvgIpc) is 1.82. The summed E-state index contributed by atoms with van der Waals surface area (Å²) >= 11 is 0. The van der Waals surface area contributed by atoms with Gasteiger partial charge in [-0.25, -0.2) is 0 Å². The SMILES string of the molecule is NC(=O)CC[C@H](N)C(=O)O.[Ni]. The molecule has 0 saturated heterocycles. The van der Waals surface area contributed by atoms with Crippen molar-refractivity contribution in [1.82, 2.24) is 0 Å². The van der Waals surface area contributed by atoms with Crippen LogP contribution in [-0.2, 0) is 26.1 Å². The van der Waals surface area contributed by atoms with E-state index >= 15 is 0 Å². The van der Waals surface area contributed by atoms with E-state index in [4.69, 9.17) is 16.6 Å². The molecule has 0 aromatic carbocycles. The monoisotopic (exact) mass is 204 g/mol. The van der Waals surface area contributed by atoms with E-state index in [1.807, 2.05) is 0 Å². The Labute approximate surface area is 74.0 Å². The first-order valence-corrected chi connectivity index (χ1v) is 2.80. The minimum atomic E-state index is -1.11. The third-order valence-corrected chi connectivity index (χ3v) is 1.02. The van der Waals surface area contributed by atoms with Gasteiger partial charge in [-0.15, -0.1) is 0 Å². The topological polar surface area (TPSA) is 106 Å². The number of carbonyl (C=O) groups is 2. The van der Waals surface area contributed by atoms with Gasteiger partial charge in [-0.2, -0.15) is 0 Å². The number of hydrogen-bond acceptors (Lipinski definition) is 3. The third kappa shape index (κ3) is 7.29. The number of aliphatic carboxylic acids is 1. The summed E-state index contributed by atoms with van der Waals surface area (Å²) in [4.78, 5) is 20.1. The van der Waals surface area contributed by atoms with E-state index in [1.54, 1.807) is 0 Å². The van der Waals surface area contributed by atoms with Gasteiger partial charge in [-0.1, -0.05) is 0 Å². The van der Waals surface area contributed by atoms with Crippen LogP contribution in [0.25, 0.3) is 0 Å². The van der Waals surface area contributed by atoms with Crippen LogP contribution in [-0.4, -0.2) is 23.0 Å². The first-order chi connectivity index (χ1) is 4.54. The summed E-state index contributed by atoms with van der Waals surface area (Å²) in [5.41, 5.74) is 9.81. The van der Waals surface area contributed by atoms with Crippen molar-refractivity contribution in [1.29, 1.82) is 0 Å². The average molecular weight is 205 g/mol. The van der Waals surface area contributed by atoms with Crippen LogP contribution in [0.4, 0.5) is 0 Å². The summed E-state index contributed by atoms with van der Waals surface area (Å²) in [5, 5.41) is 8.22. The van der Waals surface area contributed by atoms with Gasteiger partial charge in [0.1, 0.15) is 6.04 Å². The zero-order chi connectivity index (χ0) is 8.15. The smallest absolute Gasteiger partial charge is 0.320 e. The molecule has 5 nitrogen and oxygen atoms in total. The number of amides is 1.